The topological polar surface area (TPSA) is 86.5 Å². The molecule has 1 N–H and O–H groups in total. The first kappa shape index (κ1) is 14.3. The van der Waals surface area contributed by atoms with Crippen molar-refractivity contribution >= 4 is 11.8 Å². The average Bonchev–Trinajstić information content (AvgIpc) is 2.89. The predicted octanol–water partition coefficient (Wildman–Crippen LogP) is 1.19. The highest BCUT2D eigenvalue weighted by Crippen LogP contribution is 2.27. The van der Waals surface area contributed by atoms with E-state index in [1.165, 1.54) is 0 Å². The second-order valence-electron chi connectivity index (χ2n) is 4.77. The molecule has 2 heterocycles. The molecule has 1 fully saturated rings. The fourth-order valence-electron chi connectivity index (χ4n) is 2.53. The summed E-state index contributed by atoms with van der Waals surface area (Å²) in [5, 5.41) is 18.6. The Bertz CT molecular complexity index is 553. The zero-order valence-electron chi connectivity index (χ0n) is 11.5. The van der Waals surface area contributed by atoms with Crippen molar-refractivity contribution in [2.45, 2.75) is 19.9 Å². The van der Waals surface area contributed by atoms with Gasteiger partial charge in [-0.25, -0.2) is 4.98 Å². The molecule has 1 aromatic heterocycles. The summed E-state index contributed by atoms with van der Waals surface area (Å²) in [5.74, 6) is -0.933. The first-order valence-corrected chi connectivity index (χ1v) is 6.53. The van der Waals surface area contributed by atoms with Crippen LogP contribution in [-0.4, -0.2) is 41.9 Å². The number of ether oxygens (including phenoxy) is 1. The number of carbonyl (C=O) groups is 1. The molecule has 2 rings (SSSR count). The summed E-state index contributed by atoms with van der Waals surface area (Å²) in [6, 6.07) is 3.63. The van der Waals surface area contributed by atoms with Crippen molar-refractivity contribution in [2.24, 2.45) is 5.92 Å². The maximum Gasteiger partial charge on any atom is 0.311 e. The van der Waals surface area contributed by atoms with Crippen LogP contribution in [0.15, 0.2) is 12.3 Å². The Labute approximate surface area is 117 Å². The highest BCUT2D eigenvalue weighted by atomic mass is 16.5. The van der Waals surface area contributed by atoms with Gasteiger partial charge in [-0.15, -0.1) is 0 Å². The lowest BCUT2D eigenvalue weighted by atomic mass is 10.0. The van der Waals surface area contributed by atoms with Crippen LogP contribution in [0.5, 0.6) is 0 Å². The fourth-order valence-corrected chi connectivity index (χ4v) is 2.53. The molecule has 2 unspecified atom stereocenters. The van der Waals surface area contributed by atoms with Crippen molar-refractivity contribution in [3.63, 3.8) is 0 Å². The van der Waals surface area contributed by atoms with Crippen molar-refractivity contribution in [1.29, 1.82) is 5.26 Å². The van der Waals surface area contributed by atoms with Crippen LogP contribution in [0.1, 0.15) is 18.1 Å². The minimum Gasteiger partial charge on any atom is -0.481 e. The van der Waals surface area contributed by atoms with Crippen LogP contribution in [0.25, 0.3) is 0 Å². The van der Waals surface area contributed by atoms with E-state index in [0.717, 1.165) is 5.56 Å². The van der Waals surface area contributed by atoms with Crippen LogP contribution in [0.2, 0.25) is 0 Å². The molecule has 20 heavy (non-hydrogen) atoms. The Balaban J connectivity index is 2.41. The third-order valence-corrected chi connectivity index (χ3v) is 3.63. The molecule has 0 spiro atoms. The lowest BCUT2D eigenvalue weighted by Crippen LogP contribution is -2.44. The molecule has 2 atom stereocenters. The number of aromatic nitrogens is 1. The molecule has 0 saturated carbocycles. The monoisotopic (exact) mass is 275 g/mol. The van der Waals surface area contributed by atoms with Crippen LogP contribution < -0.4 is 4.90 Å². The summed E-state index contributed by atoms with van der Waals surface area (Å²) in [6.45, 7) is 4.87. The minimum atomic E-state index is -0.878. The lowest BCUT2D eigenvalue weighted by Gasteiger charge is -2.31. The van der Waals surface area contributed by atoms with E-state index >= 15 is 0 Å². The average molecular weight is 275 g/mol. The predicted molar refractivity (Wildman–Crippen MR) is 72.4 cm³/mol. The SMILES string of the molecule is CCN(c1nccc(C)c1C#N)C1COCC1C(=O)O. The van der Waals surface area contributed by atoms with Gasteiger partial charge in [0, 0.05) is 12.7 Å². The van der Waals surface area contributed by atoms with Gasteiger partial charge in [0.05, 0.1) is 24.8 Å². The first-order valence-electron chi connectivity index (χ1n) is 6.53. The van der Waals surface area contributed by atoms with Crippen molar-refractivity contribution in [1.82, 2.24) is 4.98 Å². The largest absolute Gasteiger partial charge is 0.481 e. The van der Waals surface area contributed by atoms with Crippen LogP contribution >= 0.6 is 0 Å². The highest BCUT2D eigenvalue weighted by molar-refractivity contribution is 5.73. The second kappa shape index (κ2) is 5.88. The Morgan fingerprint density at radius 3 is 3.00 bits per heavy atom. The molecule has 1 saturated heterocycles. The zero-order valence-corrected chi connectivity index (χ0v) is 11.5. The van der Waals surface area contributed by atoms with Crippen LogP contribution in [0.3, 0.4) is 0 Å². The quantitative estimate of drug-likeness (QED) is 0.888. The molecule has 1 aliphatic heterocycles. The number of aliphatic carboxylic acids is 1. The molecule has 0 aliphatic carbocycles. The summed E-state index contributed by atoms with van der Waals surface area (Å²) in [4.78, 5) is 17.4. The summed E-state index contributed by atoms with van der Waals surface area (Å²) in [5.41, 5.74) is 1.33. The third-order valence-electron chi connectivity index (χ3n) is 3.63. The number of nitriles is 1. The Morgan fingerprint density at radius 2 is 2.40 bits per heavy atom. The zero-order chi connectivity index (χ0) is 14.7. The van der Waals surface area contributed by atoms with E-state index in [4.69, 9.17) is 4.74 Å². The molecule has 6 heteroatoms. The third kappa shape index (κ3) is 2.45. The molecular formula is C14H17N3O3. The van der Waals surface area contributed by atoms with Crippen LogP contribution in [0, 0.1) is 24.2 Å². The van der Waals surface area contributed by atoms with E-state index in [1.807, 2.05) is 18.7 Å². The van der Waals surface area contributed by atoms with E-state index < -0.39 is 11.9 Å². The number of pyridine rings is 1. The maximum atomic E-state index is 11.3. The van der Waals surface area contributed by atoms with Gasteiger partial charge in [0.1, 0.15) is 17.8 Å². The van der Waals surface area contributed by atoms with E-state index in [-0.39, 0.29) is 12.6 Å². The van der Waals surface area contributed by atoms with Gasteiger partial charge in [0.2, 0.25) is 0 Å². The van der Waals surface area contributed by atoms with E-state index in [9.17, 15) is 15.2 Å². The smallest absolute Gasteiger partial charge is 0.311 e. The van der Waals surface area contributed by atoms with Crippen LogP contribution in [0.4, 0.5) is 5.82 Å². The molecule has 1 aliphatic rings. The number of anilines is 1. The Hall–Kier alpha value is -2.13. The summed E-state index contributed by atoms with van der Waals surface area (Å²) in [6.07, 6.45) is 1.64. The molecular weight excluding hydrogens is 258 g/mol. The number of carboxylic acid groups (broad SMARTS) is 1. The van der Waals surface area contributed by atoms with Gasteiger partial charge in [-0.05, 0) is 25.5 Å². The van der Waals surface area contributed by atoms with Gasteiger partial charge < -0.3 is 14.7 Å². The number of aryl methyl sites for hydroxylation is 1. The number of rotatable bonds is 4. The van der Waals surface area contributed by atoms with Gasteiger partial charge in [0.25, 0.3) is 0 Å². The van der Waals surface area contributed by atoms with E-state index in [0.29, 0.717) is 24.5 Å². The summed E-state index contributed by atoms with van der Waals surface area (Å²) < 4.78 is 5.31. The number of hydrogen-bond donors (Lipinski definition) is 1. The van der Waals surface area contributed by atoms with Crippen LogP contribution in [-0.2, 0) is 9.53 Å². The van der Waals surface area contributed by atoms with Gasteiger partial charge in [-0.3, -0.25) is 4.79 Å². The number of hydrogen-bond acceptors (Lipinski definition) is 5. The minimum absolute atomic E-state index is 0.199. The standard InChI is InChI=1S/C14H17N3O3/c1-3-17(12-8-20-7-11(12)14(18)19)13-10(6-15)9(2)4-5-16-13/h4-5,11-12H,3,7-8H2,1-2H3,(H,18,19). The number of nitrogens with zero attached hydrogens (tertiary/aromatic N) is 3. The van der Waals surface area contributed by atoms with Crippen molar-refractivity contribution in [3.05, 3.63) is 23.4 Å². The molecule has 0 aromatic carbocycles. The van der Waals surface area contributed by atoms with Gasteiger partial charge >= 0.3 is 5.97 Å². The van der Waals surface area contributed by atoms with Crippen molar-refractivity contribution < 1.29 is 14.6 Å². The second-order valence-corrected chi connectivity index (χ2v) is 4.77. The van der Waals surface area contributed by atoms with Crippen molar-refractivity contribution in [2.75, 3.05) is 24.7 Å². The fraction of sp³-hybridized carbons (Fsp3) is 0.500. The molecule has 0 amide bonds. The normalized spacial score (nSPS) is 21.4. The Kier molecular flexibility index (Phi) is 4.20. The lowest BCUT2D eigenvalue weighted by molar-refractivity contribution is -0.141. The van der Waals surface area contributed by atoms with Gasteiger partial charge in [-0.2, -0.15) is 5.26 Å². The summed E-state index contributed by atoms with van der Waals surface area (Å²) in [7, 11) is 0. The van der Waals surface area contributed by atoms with E-state index in [2.05, 4.69) is 11.1 Å². The van der Waals surface area contributed by atoms with Gasteiger partial charge in [-0.1, -0.05) is 0 Å². The first-order chi connectivity index (χ1) is 9.60. The molecule has 6 nitrogen and oxygen atoms in total. The van der Waals surface area contributed by atoms with Crippen molar-refractivity contribution in [3.8, 4) is 6.07 Å². The van der Waals surface area contributed by atoms with Gasteiger partial charge in [0.15, 0.2) is 0 Å². The maximum absolute atomic E-state index is 11.3. The Morgan fingerprint density at radius 1 is 1.65 bits per heavy atom. The summed E-state index contributed by atoms with van der Waals surface area (Å²) >= 11 is 0. The molecule has 106 valence electrons. The van der Waals surface area contributed by atoms with E-state index in [1.54, 1.807) is 12.3 Å². The number of carboxylic acids is 1. The molecule has 1 aromatic rings. The highest BCUT2D eigenvalue weighted by Gasteiger charge is 2.38. The number of likely N-dealkylation sites (N-methyl/N-ethyl adjacent to an activating group) is 1. The molecule has 0 bridgehead atoms. The molecule has 0 radical (unpaired) electrons.